The highest BCUT2D eigenvalue weighted by Gasteiger charge is 2.13. The van der Waals surface area contributed by atoms with E-state index in [1.54, 1.807) is 6.26 Å². The zero-order valence-corrected chi connectivity index (χ0v) is 12.0. The van der Waals surface area contributed by atoms with Crippen LogP contribution in [0.4, 0.5) is 14.5 Å². The van der Waals surface area contributed by atoms with Crippen molar-refractivity contribution in [3.8, 4) is 0 Å². The molecule has 1 aromatic carbocycles. The Morgan fingerprint density at radius 2 is 2.00 bits per heavy atom. The van der Waals surface area contributed by atoms with Gasteiger partial charge in [0.1, 0.15) is 23.1 Å². The number of anilines is 1. The standard InChI is InChI=1S/C14H14BrF2NO/c1-9(4-5-11-3-2-6-19-11)18-14-12(16)7-10(15)8-13(14)17/h2-3,6-9,18H,4-5H2,1H3. The maximum Gasteiger partial charge on any atom is 0.150 e. The predicted octanol–water partition coefficient (Wildman–Crippen LogP) is 4.75. The molecule has 0 spiro atoms. The fourth-order valence-electron chi connectivity index (χ4n) is 1.81. The van der Waals surface area contributed by atoms with Crippen molar-refractivity contribution < 1.29 is 13.2 Å². The quantitative estimate of drug-likeness (QED) is 0.856. The van der Waals surface area contributed by atoms with E-state index in [1.165, 1.54) is 12.1 Å². The number of rotatable bonds is 5. The number of hydrogen-bond acceptors (Lipinski definition) is 2. The Labute approximate surface area is 118 Å². The summed E-state index contributed by atoms with van der Waals surface area (Å²) in [5, 5.41) is 2.86. The van der Waals surface area contributed by atoms with Gasteiger partial charge in [-0.15, -0.1) is 0 Å². The van der Waals surface area contributed by atoms with Gasteiger partial charge in [0, 0.05) is 16.9 Å². The van der Waals surface area contributed by atoms with E-state index in [0.717, 1.165) is 18.6 Å². The van der Waals surface area contributed by atoms with Gasteiger partial charge in [-0.2, -0.15) is 0 Å². The first-order valence-electron chi connectivity index (χ1n) is 5.99. The summed E-state index contributed by atoms with van der Waals surface area (Å²) in [6, 6.07) is 6.12. The monoisotopic (exact) mass is 329 g/mol. The van der Waals surface area contributed by atoms with Gasteiger partial charge >= 0.3 is 0 Å². The van der Waals surface area contributed by atoms with Crippen LogP contribution in [-0.4, -0.2) is 6.04 Å². The van der Waals surface area contributed by atoms with E-state index in [1.807, 2.05) is 19.1 Å². The molecule has 0 saturated carbocycles. The van der Waals surface area contributed by atoms with Crippen molar-refractivity contribution in [2.45, 2.75) is 25.8 Å². The molecule has 0 aliphatic carbocycles. The maximum atomic E-state index is 13.6. The van der Waals surface area contributed by atoms with Gasteiger partial charge in [0.05, 0.1) is 6.26 Å². The van der Waals surface area contributed by atoms with Crippen LogP contribution in [0.3, 0.4) is 0 Å². The normalized spacial score (nSPS) is 12.4. The Balaban J connectivity index is 1.97. The molecule has 0 aliphatic rings. The van der Waals surface area contributed by atoms with Crippen LogP contribution in [0.25, 0.3) is 0 Å². The Hall–Kier alpha value is -1.36. The minimum Gasteiger partial charge on any atom is -0.469 e. The lowest BCUT2D eigenvalue weighted by molar-refractivity contribution is 0.494. The lowest BCUT2D eigenvalue weighted by Crippen LogP contribution is -2.18. The zero-order valence-electron chi connectivity index (χ0n) is 10.4. The molecular weight excluding hydrogens is 316 g/mol. The Morgan fingerprint density at radius 1 is 1.32 bits per heavy atom. The second kappa shape index (κ2) is 6.19. The summed E-state index contributed by atoms with van der Waals surface area (Å²) in [6.45, 7) is 1.88. The molecule has 1 unspecified atom stereocenters. The topological polar surface area (TPSA) is 25.2 Å². The average molecular weight is 330 g/mol. The number of nitrogens with one attached hydrogen (secondary N) is 1. The van der Waals surface area contributed by atoms with Gasteiger partial charge in [-0.3, -0.25) is 0 Å². The summed E-state index contributed by atoms with van der Waals surface area (Å²) in [5.74, 6) is -0.334. The summed E-state index contributed by atoms with van der Waals surface area (Å²) in [7, 11) is 0. The van der Waals surface area contributed by atoms with Crippen molar-refractivity contribution in [2.24, 2.45) is 0 Å². The largest absolute Gasteiger partial charge is 0.469 e. The first kappa shape index (κ1) is 14.1. The van der Waals surface area contributed by atoms with E-state index in [-0.39, 0.29) is 11.7 Å². The molecule has 1 aromatic heterocycles. The summed E-state index contributed by atoms with van der Waals surface area (Å²) < 4.78 is 32.9. The fourth-order valence-corrected chi connectivity index (χ4v) is 2.21. The van der Waals surface area contributed by atoms with E-state index < -0.39 is 11.6 Å². The second-order valence-corrected chi connectivity index (χ2v) is 5.32. The zero-order chi connectivity index (χ0) is 13.8. The van der Waals surface area contributed by atoms with Crippen LogP contribution >= 0.6 is 15.9 Å². The molecule has 5 heteroatoms. The second-order valence-electron chi connectivity index (χ2n) is 4.41. The Bertz CT molecular complexity index is 519. The third-order valence-electron chi connectivity index (χ3n) is 2.80. The molecule has 2 nitrogen and oxygen atoms in total. The number of halogens is 3. The van der Waals surface area contributed by atoms with Crippen LogP contribution in [0.1, 0.15) is 19.1 Å². The maximum absolute atomic E-state index is 13.6. The van der Waals surface area contributed by atoms with Crippen LogP contribution in [-0.2, 0) is 6.42 Å². The van der Waals surface area contributed by atoms with Gasteiger partial charge < -0.3 is 9.73 Å². The molecule has 0 aliphatic heterocycles. The highest BCUT2D eigenvalue weighted by molar-refractivity contribution is 9.10. The van der Waals surface area contributed by atoms with Crippen molar-refractivity contribution in [3.63, 3.8) is 0 Å². The van der Waals surface area contributed by atoms with Crippen molar-refractivity contribution >= 4 is 21.6 Å². The number of aryl methyl sites for hydroxylation is 1. The van der Waals surface area contributed by atoms with E-state index in [2.05, 4.69) is 21.2 Å². The SMILES string of the molecule is CC(CCc1ccco1)Nc1c(F)cc(Br)cc1F. The minimum atomic E-state index is -0.600. The molecular formula is C14H14BrF2NO. The summed E-state index contributed by atoms with van der Waals surface area (Å²) in [5.41, 5.74) is -0.0878. The molecule has 2 aromatic rings. The first-order valence-corrected chi connectivity index (χ1v) is 6.79. The smallest absolute Gasteiger partial charge is 0.150 e. The third-order valence-corrected chi connectivity index (χ3v) is 3.26. The molecule has 19 heavy (non-hydrogen) atoms. The molecule has 1 atom stereocenters. The van der Waals surface area contributed by atoms with E-state index in [4.69, 9.17) is 4.42 Å². The van der Waals surface area contributed by atoms with Crippen LogP contribution in [0.2, 0.25) is 0 Å². The van der Waals surface area contributed by atoms with Gasteiger partial charge in [-0.1, -0.05) is 15.9 Å². The molecule has 1 heterocycles. The number of benzene rings is 1. The molecule has 0 radical (unpaired) electrons. The van der Waals surface area contributed by atoms with Crippen LogP contribution in [0.15, 0.2) is 39.4 Å². The van der Waals surface area contributed by atoms with Crippen molar-refractivity contribution in [1.29, 1.82) is 0 Å². The Kier molecular flexibility index (Phi) is 4.58. The van der Waals surface area contributed by atoms with Crippen LogP contribution in [0, 0.1) is 11.6 Å². The fraction of sp³-hybridized carbons (Fsp3) is 0.286. The molecule has 0 saturated heterocycles. The van der Waals surface area contributed by atoms with Gasteiger partial charge in [0.15, 0.2) is 0 Å². The summed E-state index contributed by atoms with van der Waals surface area (Å²) >= 11 is 3.05. The average Bonchev–Trinajstić information content (AvgIpc) is 2.84. The van der Waals surface area contributed by atoms with E-state index in [9.17, 15) is 8.78 Å². The van der Waals surface area contributed by atoms with E-state index >= 15 is 0 Å². The molecule has 1 N–H and O–H groups in total. The van der Waals surface area contributed by atoms with Crippen molar-refractivity contribution in [3.05, 3.63) is 52.4 Å². The number of furan rings is 1. The molecule has 0 fully saturated rings. The first-order chi connectivity index (χ1) is 9.06. The molecule has 102 valence electrons. The van der Waals surface area contributed by atoms with Crippen LogP contribution < -0.4 is 5.32 Å². The highest BCUT2D eigenvalue weighted by Crippen LogP contribution is 2.24. The van der Waals surface area contributed by atoms with Gasteiger partial charge in [-0.05, 0) is 37.6 Å². The van der Waals surface area contributed by atoms with E-state index in [0.29, 0.717) is 4.47 Å². The van der Waals surface area contributed by atoms with Crippen LogP contribution in [0.5, 0.6) is 0 Å². The number of hydrogen-bond donors (Lipinski definition) is 1. The third kappa shape index (κ3) is 3.80. The van der Waals surface area contributed by atoms with Gasteiger partial charge in [-0.25, -0.2) is 8.78 Å². The molecule has 0 amide bonds. The van der Waals surface area contributed by atoms with Crippen molar-refractivity contribution in [2.75, 3.05) is 5.32 Å². The Morgan fingerprint density at radius 3 is 2.58 bits per heavy atom. The molecule has 0 bridgehead atoms. The summed E-state index contributed by atoms with van der Waals surface area (Å²) in [4.78, 5) is 0. The molecule has 2 rings (SSSR count). The summed E-state index contributed by atoms with van der Waals surface area (Å²) in [6.07, 6.45) is 3.06. The van der Waals surface area contributed by atoms with Gasteiger partial charge in [0.2, 0.25) is 0 Å². The van der Waals surface area contributed by atoms with Gasteiger partial charge in [0.25, 0.3) is 0 Å². The predicted molar refractivity (Wildman–Crippen MR) is 74.2 cm³/mol. The van der Waals surface area contributed by atoms with Crippen molar-refractivity contribution in [1.82, 2.24) is 0 Å². The lowest BCUT2D eigenvalue weighted by Gasteiger charge is -2.16. The minimum absolute atomic E-state index is 0.0599. The lowest BCUT2D eigenvalue weighted by atomic mass is 10.1. The highest BCUT2D eigenvalue weighted by atomic mass is 79.9.